The van der Waals surface area contributed by atoms with Gasteiger partial charge in [0.05, 0.1) is 12.0 Å². The Labute approximate surface area is 119 Å². The molecule has 0 aromatic heterocycles. The van der Waals surface area contributed by atoms with Crippen LogP contribution in [-0.4, -0.2) is 6.61 Å². The summed E-state index contributed by atoms with van der Waals surface area (Å²) in [4.78, 5) is 0. The Morgan fingerprint density at radius 3 is 2.58 bits per heavy atom. The molecule has 2 unspecified atom stereocenters. The fraction of sp³-hybridized carbons (Fsp3) is 0.294. The highest BCUT2D eigenvalue weighted by atomic mass is 35.5. The Hall–Kier alpha value is -1.47. The molecule has 2 heteroatoms. The van der Waals surface area contributed by atoms with Gasteiger partial charge in [-0.1, -0.05) is 36.4 Å². The molecule has 3 rings (SSSR count). The van der Waals surface area contributed by atoms with E-state index in [1.807, 2.05) is 19.1 Å². The molecule has 98 valence electrons. The quantitative estimate of drug-likeness (QED) is 0.733. The zero-order valence-electron chi connectivity index (χ0n) is 11.0. The van der Waals surface area contributed by atoms with E-state index in [0.29, 0.717) is 12.5 Å². The second kappa shape index (κ2) is 5.26. The topological polar surface area (TPSA) is 9.23 Å². The molecule has 0 radical (unpaired) electrons. The Bertz CT molecular complexity index is 562. The minimum Gasteiger partial charge on any atom is -0.494 e. The molecule has 1 aliphatic carbocycles. The molecule has 0 fully saturated rings. The predicted octanol–water partition coefficient (Wildman–Crippen LogP) is 4.71. The summed E-state index contributed by atoms with van der Waals surface area (Å²) in [5.74, 6) is 1.35. The molecule has 2 aromatic rings. The van der Waals surface area contributed by atoms with Crippen molar-refractivity contribution in [1.82, 2.24) is 0 Å². The summed E-state index contributed by atoms with van der Waals surface area (Å²) in [7, 11) is 0. The van der Waals surface area contributed by atoms with Gasteiger partial charge < -0.3 is 4.74 Å². The van der Waals surface area contributed by atoms with E-state index in [2.05, 4.69) is 36.4 Å². The van der Waals surface area contributed by atoms with E-state index in [1.54, 1.807) is 0 Å². The van der Waals surface area contributed by atoms with Gasteiger partial charge in [0.1, 0.15) is 5.75 Å². The van der Waals surface area contributed by atoms with Gasteiger partial charge in [-0.2, -0.15) is 0 Å². The van der Waals surface area contributed by atoms with E-state index >= 15 is 0 Å². The fourth-order valence-electron chi connectivity index (χ4n) is 2.71. The Morgan fingerprint density at radius 1 is 1.16 bits per heavy atom. The van der Waals surface area contributed by atoms with Crippen LogP contribution in [0.25, 0.3) is 0 Å². The van der Waals surface area contributed by atoms with Gasteiger partial charge in [0.15, 0.2) is 0 Å². The first-order valence-corrected chi connectivity index (χ1v) is 7.18. The van der Waals surface area contributed by atoms with Crippen LogP contribution in [0.3, 0.4) is 0 Å². The maximum Gasteiger partial charge on any atom is 0.119 e. The van der Waals surface area contributed by atoms with Crippen molar-refractivity contribution in [1.29, 1.82) is 0 Å². The van der Waals surface area contributed by atoms with Crippen LogP contribution in [0.5, 0.6) is 5.75 Å². The van der Waals surface area contributed by atoms with Gasteiger partial charge in [0.2, 0.25) is 0 Å². The van der Waals surface area contributed by atoms with Crippen molar-refractivity contribution in [3.63, 3.8) is 0 Å². The summed E-state index contributed by atoms with van der Waals surface area (Å²) < 4.78 is 5.45. The number of fused-ring (bicyclic) bond motifs is 1. The predicted molar refractivity (Wildman–Crippen MR) is 79.1 cm³/mol. The lowest BCUT2D eigenvalue weighted by Crippen LogP contribution is -2.20. The second-order valence-corrected chi connectivity index (χ2v) is 5.38. The lowest BCUT2D eigenvalue weighted by atomic mass is 9.74. The van der Waals surface area contributed by atoms with E-state index in [0.717, 1.165) is 12.2 Å². The third-order valence-electron chi connectivity index (χ3n) is 3.76. The minimum atomic E-state index is 0.0468. The van der Waals surface area contributed by atoms with Gasteiger partial charge in [0, 0.05) is 5.92 Å². The fourth-order valence-corrected chi connectivity index (χ4v) is 3.08. The van der Waals surface area contributed by atoms with Crippen LogP contribution in [0.4, 0.5) is 0 Å². The molecule has 19 heavy (non-hydrogen) atoms. The summed E-state index contributed by atoms with van der Waals surface area (Å²) in [6, 6.07) is 16.7. The van der Waals surface area contributed by atoms with E-state index in [-0.39, 0.29) is 5.38 Å². The number of halogens is 1. The van der Waals surface area contributed by atoms with E-state index < -0.39 is 0 Å². The van der Waals surface area contributed by atoms with Crippen LogP contribution in [0.15, 0.2) is 48.5 Å². The molecule has 2 aromatic carbocycles. The van der Waals surface area contributed by atoms with Gasteiger partial charge in [-0.15, -0.1) is 11.6 Å². The standard InChI is InChI=1S/C17H17ClO/c1-2-19-14-9-7-12(8-10-14)17(18)16-11-13-5-3-4-6-15(13)16/h3-10,16-17H,2,11H2,1H3. The van der Waals surface area contributed by atoms with Crippen molar-refractivity contribution in [2.24, 2.45) is 0 Å². The van der Waals surface area contributed by atoms with Crippen molar-refractivity contribution < 1.29 is 4.74 Å². The van der Waals surface area contributed by atoms with E-state index in [4.69, 9.17) is 16.3 Å². The largest absolute Gasteiger partial charge is 0.494 e. The van der Waals surface area contributed by atoms with Crippen molar-refractivity contribution in [3.8, 4) is 5.75 Å². The molecule has 0 aliphatic heterocycles. The third-order valence-corrected chi connectivity index (χ3v) is 4.31. The van der Waals surface area contributed by atoms with Crippen molar-refractivity contribution in [2.75, 3.05) is 6.61 Å². The summed E-state index contributed by atoms with van der Waals surface area (Å²) in [5.41, 5.74) is 4.00. The molecule has 0 saturated carbocycles. The zero-order valence-corrected chi connectivity index (χ0v) is 11.7. The molecule has 0 saturated heterocycles. The molecule has 0 N–H and O–H groups in total. The monoisotopic (exact) mass is 272 g/mol. The van der Waals surface area contributed by atoms with Crippen LogP contribution >= 0.6 is 11.6 Å². The first-order valence-electron chi connectivity index (χ1n) is 6.74. The first-order chi connectivity index (χ1) is 9.29. The number of hydrogen-bond donors (Lipinski definition) is 0. The smallest absolute Gasteiger partial charge is 0.119 e. The SMILES string of the molecule is CCOc1ccc(C(Cl)C2Cc3ccccc32)cc1. The Balaban J connectivity index is 1.76. The van der Waals surface area contributed by atoms with E-state index in [9.17, 15) is 0 Å². The average molecular weight is 273 g/mol. The van der Waals surface area contributed by atoms with Crippen LogP contribution in [0.1, 0.15) is 34.9 Å². The van der Waals surface area contributed by atoms with Gasteiger partial charge in [-0.25, -0.2) is 0 Å². The highest BCUT2D eigenvalue weighted by Crippen LogP contribution is 2.46. The molecule has 0 bridgehead atoms. The third kappa shape index (κ3) is 2.35. The van der Waals surface area contributed by atoms with Gasteiger partial charge in [-0.3, -0.25) is 0 Å². The van der Waals surface area contributed by atoms with Gasteiger partial charge in [-0.05, 0) is 42.2 Å². The van der Waals surface area contributed by atoms with Crippen molar-refractivity contribution >= 4 is 11.6 Å². The number of alkyl halides is 1. The summed E-state index contributed by atoms with van der Waals surface area (Å²) in [5, 5.41) is 0.0468. The Morgan fingerprint density at radius 2 is 1.89 bits per heavy atom. The molecule has 1 nitrogen and oxygen atoms in total. The van der Waals surface area contributed by atoms with Crippen LogP contribution < -0.4 is 4.74 Å². The molecule has 2 atom stereocenters. The highest BCUT2D eigenvalue weighted by Gasteiger charge is 2.32. The lowest BCUT2D eigenvalue weighted by molar-refractivity contribution is 0.340. The molecule has 1 aliphatic rings. The highest BCUT2D eigenvalue weighted by molar-refractivity contribution is 6.21. The number of benzene rings is 2. The van der Waals surface area contributed by atoms with Crippen LogP contribution in [0, 0.1) is 0 Å². The maximum atomic E-state index is 6.62. The normalized spacial score (nSPS) is 18.3. The van der Waals surface area contributed by atoms with Crippen molar-refractivity contribution in [2.45, 2.75) is 24.6 Å². The maximum absolute atomic E-state index is 6.62. The number of hydrogen-bond acceptors (Lipinski definition) is 1. The van der Waals surface area contributed by atoms with Crippen LogP contribution in [-0.2, 0) is 6.42 Å². The Kier molecular flexibility index (Phi) is 3.48. The van der Waals surface area contributed by atoms with E-state index in [1.165, 1.54) is 16.7 Å². The number of ether oxygens (including phenoxy) is 1. The van der Waals surface area contributed by atoms with Gasteiger partial charge >= 0.3 is 0 Å². The zero-order chi connectivity index (χ0) is 13.2. The van der Waals surface area contributed by atoms with Crippen molar-refractivity contribution in [3.05, 3.63) is 65.2 Å². The summed E-state index contributed by atoms with van der Waals surface area (Å²) >= 11 is 6.62. The van der Waals surface area contributed by atoms with Gasteiger partial charge in [0.25, 0.3) is 0 Å². The molecule has 0 heterocycles. The summed E-state index contributed by atoms with van der Waals surface area (Å²) in [6.45, 7) is 2.68. The molecule has 0 amide bonds. The molecular formula is C17H17ClO. The molecular weight excluding hydrogens is 256 g/mol. The second-order valence-electron chi connectivity index (χ2n) is 4.91. The first kappa shape index (κ1) is 12.6. The lowest BCUT2D eigenvalue weighted by Gasteiger charge is -2.33. The number of rotatable bonds is 4. The van der Waals surface area contributed by atoms with Crippen LogP contribution in [0.2, 0.25) is 0 Å². The minimum absolute atomic E-state index is 0.0468. The molecule has 0 spiro atoms. The summed E-state index contributed by atoms with van der Waals surface area (Å²) in [6.07, 6.45) is 1.08. The average Bonchev–Trinajstić information content (AvgIpc) is 2.41.